The molecule has 220 valence electrons. The zero-order valence-electron chi connectivity index (χ0n) is 24.9. The fourth-order valence-electron chi connectivity index (χ4n) is 9.33. The smallest absolute Gasteiger partial charge is 0.407 e. The van der Waals surface area contributed by atoms with Crippen LogP contribution in [0.15, 0.2) is 11.6 Å². The number of carbonyl (C=O) groups excluding carboxylic acids is 2. The topological polar surface area (TPSA) is 105 Å². The van der Waals surface area contributed by atoms with Crippen LogP contribution in [0.4, 0.5) is 4.79 Å². The van der Waals surface area contributed by atoms with Gasteiger partial charge in [0.1, 0.15) is 19.2 Å². The summed E-state index contributed by atoms with van der Waals surface area (Å²) in [5, 5.41) is 13.3. The molecule has 8 atom stereocenters. The number of hydrogen-bond acceptors (Lipinski definition) is 4. The quantitative estimate of drug-likeness (QED) is 0.279. The van der Waals surface area contributed by atoms with E-state index in [0.29, 0.717) is 5.41 Å². The summed E-state index contributed by atoms with van der Waals surface area (Å²) < 4.78 is 5.68. The molecule has 0 aromatic heterocycles. The summed E-state index contributed by atoms with van der Waals surface area (Å²) in [5.41, 5.74) is 2.14. The number of ether oxygens (including phenoxy) is 1. The van der Waals surface area contributed by atoms with E-state index in [-0.39, 0.29) is 18.1 Å². The minimum atomic E-state index is -1.12. The zero-order chi connectivity index (χ0) is 28.4. The van der Waals surface area contributed by atoms with Crippen LogP contribution in [0.3, 0.4) is 0 Å². The number of aliphatic carboxylic acids is 1. The van der Waals surface area contributed by atoms with E-state index < -0.39 is 24.5 Å². The zero-order valence-corrected chi connectivity index (χ0v) is 24.9. The van der Waals surface area contributed by atoms with Crippen LogP contribution in [-0.4, -0.2) is 42.3 Å². The maximum Gasteiger partial charge on any atom is 0.407 e. The van der Waals surface area contributed by atoms with Crippen LogP contribution in [0, 0.1) is 46.3 Å². The number of fused-ring (bicyclic) bond motifs is 5. The molecule has 7 nitrogen and oxygen atoms in total. The highest BCUT2D eigenvalue weighted by Gasteiger charge is 2.59. The van der Waals surface area contributed by atoms with Crippen LogP contribution in [0.1, 0.15) is 105 Å². The average molecular weight is 545 g/mol. The number of nitrogens with one attached hydrogen (secondary N) is 2. The summed E-state index contributed by atoms with van der Waals surface area (Å²) in [4.78, 5) is 34.6. The molecule has 2 amide bonds. The lowest BCUT2D eigenvalue weighted by atomic mass is 9.47. The van der Waals surface area contributed by atoms with E-state index in [1.807, 2.05) is 0 Å². The van der Waals surface area contributed by atoms with Crippen molar-refractivity contribution in [2.75, 3.05) is 13.1 Å². The van der Waals surface area contributed by atoms with Gasteiger partial charge in [-0.15, -0.1) is 0 Å². The average Bonchev–Trinajstić information content (AvgIpc) is 3.23. The Morgan fingerprint density at radius 1 is 1.00 bits per heavy atom. The number of amides is 2. The SMILES string of the molecule is CC(C)CCC[C@@H](C)[C@H]1CC[C@H]2[C@@H]3CC=C4C[C@@H](OC(=O)NCC(=O)NCC(=O)O)CC[C@]4(C)[C@H]3CC[C@]12C. The molecule has 4 rings (SSSR count). The molecule has 0 aromatic rings. The first-order valence-electron chi connectivity index (χ1n) is 15.6. The Morgan fingerprint density at radius 3 is 2.49 bits per heavy atom. The fourth-order valence-corrected chi connectivity index (χ4v) is 9.33. The van der Waals surface area contributed by atoms with Crippen molar-refractivity contribution in [2.24, 2.45) is 46.3 Å². The van der Waals surface area contributed by atoms with E-state index in [2.05, 4.69) is 51.3 Å². The minimum absolute atomic E-state index is 0.181. The number of carboxylic acids is 1. The highest BCUT2D eigenvalue weighted by atomic mass is 16.6. The molecular formula is C32H52N2O5. The van der Waals surface area contributed by atoms with Crippen molar-refractivity contribution in [3.05, 3.63) is 11.6 Å². The molecule has 39 heavy (non-hydrogen) atoms. The van der Waals surface area contributed by atoms with E-state index in [1.54, 1.807) is 0 Å². The molecule has 0 spiro atoms. The summed E-state index contributed by atoms with van der Waals surface area (Å²) in [5.74, 6) is 3.14. The predicted molar refractivity (Wildman–Crippen MR) is 152 cm³/mol. The third-order valence-corrected chi connectivity index (χ3v) is 11.4. The molecule has 4 aliphatic rings. The molecule has 0 aromatic carbocycles. The molecule has 3 fully saturated rings. The third-order valence-electron chi connectivity index (χ3n) is 11.4. The van der Waals surface area contributed by atoms with Gasteiger partial charge in [-0.05, 0) is 91.3 Å². The van der Waals surface area contributed by atoms with E-state index in [1.165, 1.54) is 50.5 Å². The second-order valence-corrected chi connectivity index (χ2v) is 14.1. The number of hydrogen-bond donors (Lipinski definition) is 3. The van der Waals surface area contributed by atoms with Gasteiger partial charge in [0.2, 0.25) is 5.91 Å². The molecular weight excluding hydrogens is 492 g/mol. The summed E-state index contributed by atoms with van der Waals surface area (Å²) in [6, 6.07) is 0. The van der Waals surface area contributed by atoms with Crippen LogP contribution >= 0.6 is 0 Å². The first-order chi connectivity index (χ1) is 18.4. The standard InChI is InChI=1S/C32H52N2O5/c1-20(2)7-6-8-21(3)25-11-12-26-24-10-9-22-17-23(39-30(38)34-18-28(35)33-19-29(36)37)13-15-31(22,4)27(24)14-16-32(25,26)5/h9,20-21,23-27H,6-8,10-19H2,1-5H3,(H,33,35)(H,34,38)(H,36,37)/t21-,23+,24+,25-,26+,27+,31+,32-/m1/s1. The highest BCUT2D eigenvalue weighted by Crippen LogP contribution is 2.67. The first-order valence-corrected chi connectivity index (χ1v) is 15.6. The molecule has 0 heterocycles. The van der Waals surface area contributed by atoms with Gasteiger partial charge in [-0.1, -0.05) is 65.5 Å². The lowest BCUT2D eigenvalue weighted by Crippen LogP contribution is -2.51. The van der Waals surface area contributed by atoms with Crippen molar-refractivity contribution < 1.29 is 24.2 Å². The van der Waals surface area contributed by atoms with Crippen LogP contribution in [-0.2, 0) is 14.3 Å². The Kier molecular flexibility index (Phi) is 9.37. The Labute approximate surface area is 235 Å². The van der Waals surface area contributed by atoms with E-state index in [9.17, 15) is 14.4 Å². The second-order valence-electron chi connectivity index (χ2n) is 14.1. The maximum atomic E-state index is 12.3. The number of rotatable bonds is 10. The van der Waals surface area contributed by atoms with Gasteiger partial charge in [0.15, 0.2) is 0 Å². The lowest BCUT2D eigenvalue weighted by Gasteiger charge is -2.58. The third kappa shape index (κ3) is 6.48. The van der Waals surface area contributed by atoms with Gasteiger partial charge in [-0.25, -0.2) is 4.79 Å². The van der Waals surface area contributed by atoms with Gasteiger partial charge in [0.05, 0.1) is 0 Å². The minimum Gasteiger partial charge on any atom is -0.480 e. The number of alkyl carbamates (subject to hydrolysis) is 1. The highest BCUT2D eigenvalue weighted by molar-refractivity contribution is 5.85. The van der Waals surface area contributed by atoms with Gasteiger partial charge in [0, 0.05) is 6.42 Å². The molecule has 0 unspecified atom stereocenters. The van der Waals surface area contributed by atoms with Crippen LogP contribution in [0.25, 0.3) is 0 Å². The molecule has 3 saturated carbocycles. The molecule has 7 heteroatoms. The van der Waals surface area contributed by atoms with Gasteiger partial charge in [-0.2, -0.15) is 0 Å². The number of carbonyl (C=O) groups is 3. The summed E-state index contributed by atoms with van der Waals surface area (Å²) in [6.07, 6.45) is 15.1. The van der Waals surface area contributed by atoms with Crippen molar-refractivity contribution in [3.63, 3.8) is 0 Å². The summed E-state index contributed by atoms with van der Waals surface area (Å²) in [7, 11) is 0. The second kappa shape index (κ2) is 12.2. The van der Waals surface area contributed by atoms with E-state index in [4.69, 9.17) is 9.84 Å². The van der Waals surface area contributed by atoms with E-state index in [0.717, 1.165) is 61.2 Å². The van der Waals surface area contributed by atoms with E-state index >= 15 is 0 Å². The van der Waals surface area contributed by atoms with Crippen molar-refractivity contribution in [1.29, 1.82) is 0 Å². The normalized spacial score (nSPS) is 36.2. The molecule has 3 N–H and O–H groups in total. The lowest BCUT2D eigenvalue weighted by molar-refractivity contribution is -0.137. The summed E-state index contributed by atoms with van der Waals surface area (Å²) >= 11 is 0. The van der Waals surface area contributed by atoms with Crippen molar-refractivity contribution in [2.45, 2.75) is 111 Å². The number of carboxylic acid groups (broad SMARTS) is 1. The Bertz CT molecular complexity index is 947. The Balaban J connectivity index is 1.33. The Hall–Kier alpha value is -2.05. The maximum absolute atomic E-state index is 12.3. The summed E-state index contributed by atoms with van der Waals surface area (Å²) in [6.45, 7) is 11.6. The fraction of sp³-hybridized carbons (Fsp3) is 0.844. The molecule has 0 aliphatic heterocycles. The van der Waals surface area contributed by atoms with Gasteiger partial charge in [0.25, 0.3) is 0 Å². The van der Waals surface area contributed by atoms with Crippen LogP contribution < -0.4 is 10.6 Å². The van der Waals surface area contributed by atoms with Crippen molar-refractivity contribution in [1.82, 2.24) is 10.6 Å². The van der Waals surface area contributed by atoms with Crippen molar-refractivity contribution >= 4 is 18.0 Å². The van der Waals surface area contributed by atoms with Gasteiger partial charge >= 0.3 is 12.1 Å². The van der Waals surface area contributed by atoms with Crippen molar-refractivity contribution in [3.8, 4) is 0 Å². The van der Waals surface area contributed by atoms with Crippen LogP contribution in [0.5, 0.6) is 0 Å². The molecule has 0 saturated heterocycles. The largest absolute Gasteiger partial charge is 0.480 e. The number of allylic oxidation sites excluding steroid dienone is 1. The molecule has 0 radical (unpaired) electrons. The first kappa shape index (κ1) is 29.9. The molecule has 0 bridgehead atoms. The van der Waals surface area contributed by atoms with Gasteiger partial charge < -0.3 is 20.5 Å². The Morgan fingerprint density at radius 2 is 1.77 bits per heavy atom. The van der Waals surface area contributed by atoms with Gasteiger partial charge in [-0.3, -0.25) is 9.59 Å². The molecule has 4 aliphatic carbocycles. The monoisotopic (exact) mass is 544 g/mol. The predicted octanol–water partition coefficient (Wildman–Crippen LogP) is 6.32. The van der Waals surface area contributed by atoms with Crippen LogP contribution in [0.2, 0.25) is 0 Å².